The molecule has 1 fully saturated rings. The molecule has 0 aliphatic carbocycles. The van der Waals surface area contributed by atoms with Gasteiger partial charge in [0, 0.05) is 0 Å². The van der Waals surface area contributed by atoms with Gasteiger partial charge in [0.2, 0.25) is 5.17 Å². The summed E-state index contributed by atoms with van der Waals surface area (Å²) in [5.41, 5.74) is 0.985. The maximum Gasteiger partial charge on any atom is 0.264 e. The summed E-state index contributed by atoms with van der Waals surface area (Å²) in [5.74, 6) is -0.148. The van der Waals surface area contributed by atoms with Gasteiger partial charge in [-0.1, -0.05) is 35.5 Å². The molecule has 1 aromatic rings. The lowest BCUT2D eigenvalue weighted by atomic mass is 10.2. The van der Waals surface area contributed by atoms with E-state index in [1.807, 2.05) is 36.4 Å². The molecule has 0 spiro atoms. The lowest BCUT2D eigenvalue weighted by Crippen LogP contribution is -2.19. The minimum Gasteiger partial charge on any atom is -0.397 e. The Balaban J connectivity index is 2.20. The second-order valence-corrected chi connectivity index (χ2v) is 4.09. The highest BCUT2D eigenvalue weighted by atomic mass is 32.2. The molecule has 82 valence electrons. The number of benzene rings is 1. The van der Waals surface area contributed by atoms with Gasteiger partial charge < -0.3 is 4.84 Å². The van der Waals surface area contributed by atoms with Crippen LogP contribution in [0.25, 0.3) is 6.08 Å². The second kappa shape index (κ2) is 4.85. The van der Waals surface area contributed by atoms with Crippen molar-refractivity contribution in [3.05, 3.63) is 40.8 Å². The van der Waals surface area contributed by atoms with Crippen LogP contribution < -0.4 is 5.32 Å². The van der Waals surface area contributed by atoms with E-state index in [1.54, 1.807) is 0 Å². The molecule has 2 rings (SSSR count). The molecule has 1 amide bonds. The summed E-state index contributed by atoms with van der Waals surface area (Å²) in [6.45, 7) is 0. The molecule has 0 saturated carbocycles. The van der Waals surface area contributed by atoms with Crippen LogP contribution in [0.2, 0.25) is 0 Å². The molecule has 0 bridgehead atoms. The number of carbonyl (C=O) groups is 1. The topological polar surface area (TPSA) is 50.7 Å². The highest BCUT2D eigenvalue weighted by molar-refractivity contribution is 8.18. The molecule has 1 N–H and O–H groups in total. The maximum absolute atomic E-state index is 11.5. The molecule has 1 aromatic carbocycles. The number of oxime groups is 1. The predicted octanol–water partition coefficient (Wildman–Crippen LogP) is 1.81. The Morgan fingerprint density at radius 3 is 2.81 bits per heavy atom. The number of nitrogens with zero attached hydrogens (tertiary/aromatic N) is 1. The number of amides is 1. The fraction of sp³-hybridized carbons (Fsp3) is 0.0909. The van der Waals surface area contributed by atoms with Gasteiger partial charge in [0.25, 0.3) is 5.91 Å². The van der Waals surface area contributed by atoms with Gasteiger partial charge in [-0.25, -0.2) is 0 Å². The minimum atomic E-state index is -0.148. The van der Waals surface area contributed by atoms with Gasteiger partial charge in [-0.05, 0) is 23.4 Å². The summed E-state index contributed by atoms with van der Waals surface area (Å²) in [6.07, 6.45) is 1.82. The lowest BCUT2D eigenvalue weighted by Gasteiger charge is -1.93. The number of rotatable bonds is 2. The van der Waals surface area contributed by atoms with Crippen LogP contribution >= 0.6 is 11.8 Å². The Kier molecular flexibility index (Phi) is 3.26. The standard InChI is InChI=1S/C11H10N2O2S/c1-15-13-11-12-10(14)9(16-11)7-8-5-3-2-4-6-8/h2-7H,1H3,(H,12,13,14)/b9-7-. The van der Waals surface area contributed by atoms with E-state index in [1.165, 1.54) is 18.9 Å². The van der Waals surface area contributed by atoms with Crippen molar-refractivity contribution in [2.75, 3.05) is 7.11 Å². The van der Waals surface area contributed by atoms with Gasteiger partial charge in [-0.15, -0.1) is 0 Å². The van der Waals surface area contributed by atoms with Crippen LogP contribution in [0.1, 0.15) is 5.56 Å². The molecular weight excluding hydrogens is 224 g/mol. The van der Waals surface area contributed by atoms with E-state index in [2.05, 4.69) is 15.3 Å². The van der Waals surface area contributed by atoms with E-state index in [4.69, 9.17) is 0 Å². The summed E-state index contributed by atoms with van der Waals surface area (Å²) in [6, 6.07) is 9.66. The monoisotopic (exact) mass is 234 g/mol. The molecule has 1 heterocycles. The molecule has 16 heavy (non-hydrogen) atoms. The van der Waals surface area contributed by atoms with E-state index in [0.717, 1.165) is 5.56 Å². The van der Waals surface area contributed by atoms with Gasteiger partial charge in [0.05, 0.1) is 4.91 Å². The van der Waals surface area contributed by atoms with Crippen molar-refractivity contribution in [1.82, 2.24) is 5.32 Å². The summed E-state index contributed by atoms with van der Waals surface area (Å²) >= 11 is 1.26. The van der Waals surface area contributed by atoms with Gasteiger partial charge >= 0.3 is 0 Å². The number of hydrogen-bond acceptors (Lipinski definition) is 4. The fourth-order valence-electron chi connectivity index (χ4n) is 1.25. The zero-order valence-electron chi connectivity index (χ0n) is 8.64. The average Bonchev–Trinajstić information content (AvgIpc) is 2.61. The Labute approximate surface area is 97.4 Å². The molecule has 5 heteroatoms. The van der Waals surface area contributed by atoms with Crippen molar-refractivity contribution >= 4 is 28.9 Å². The zero-order chi connectivity index (χ0) is 11.4. The first kappa shape index (κ1) is 10.8. The van der Waals surface area contributed by atoms with Crippen LogP contribution in [-0.4, -0.2) is 18.2 Å². The Hall–Kier alpha value is -1.75. The van der Waals surface area contributed by atoms with Crippen LogP contribution in [0, 0.1) is 0 Å². The first-order valence-electron chi connectivity index (χ1n) is 4.66. The van der Waals surface area contributed by atoms with E-state index >= 15 is 0 Å². The van der Waals surface area contributed by atoms with Gasteiger partial charge in [-0.2, -0.15) is 0 Å². The predicted molar refractivity (Wildman–Crippen MR) is 64.6 cm³/mol. The average molecular weight is 234 g/mol. The number of carbonyl (C=O) groups excluding carboxylic acids is 1. The minimum absolute atomic E-state index is 0.148. The van der Waals surface area contributed by atoms with Crippen LogP contribution in [0.4, 0.5) is 0 Å². The number of hydrogen-bond donors (Lipinski definition) is 1. The van der Waals surface area contributed by atoms with Gasteiger partial charge in [0.15, 0.2) is 0 Å². The Morgan fingerprint density at radius 1 is 1.38 bits per heavy atom. The van der Waals surface area contributed by atoms with Crippen molar-refractivity contribution in [2.24, 2.45) is 5.16 Å². The zero-order valence-corrected chi connectivity index (χ0v) is 9.45. The van der Waals surface area contributed by atoms with Gasteiger partial charge in [0.1, 0.15) is 7.11 Å². The summed E-state index contributed by atoms with van der Waals surface area (Å²) < 4.78 is 0. The SMILES string of the molecule is CO/N=C1\NC(=O)/C(=C/c2ccccc2)S1. The van der Waals surface area contributed by atoms with Crippen LogP contribution in [0.5, 0.6) is 0 Å². The fourth-order valence-corrected chi connectivity index (χ4v) is 2.06. The molecule has 1 aliphatic rings. The third-order valence-electron chi connectivity index (χ3n) is 1.92. The summed E-state index contributed by atoms with van der Waals surface area (Å²) in [7, 11) is 1.44. The molecule has 0 atom stereocenters. The van der Waals surface area contributed by atoms with E-state index in [-0.39, 0.29) is 5.91 Å². The number of amidine groups is 1. The van der Waals surface area contributed by atoms with Crippen molar-refractivity contribution in [2.45, 2.75) is 0 Å². The van der Waals surface area contributed by atoms with Crippen molar-refractivity contribution in [3.63, 3.8) is 0 Å². The normalized spacial score (nSPS) is 20.2. The van der Waals surface area contributed by atoms with E-state index in [9.17, 15) is 4.79 Å². The number of nitrogens with one attached hydrogen (secondary N) is 1. The van der Waals surface area contributed by atoms with Crippen LogP contribution in [0.15, 0.2) is 40.4 Å². The van der Waals surface area contributed by atoms with E-state index < -0.39 is 0 Å². The molecular formula is C11H10N2O2S. The quantitative estimate of drug-likeness (QED) is 0.627. The smallest absolute Gasteiger partial charge is 0.264 e. The highest BCUT2D eigenvalue weighted by Crippen LogP contribution is 2.25. The molecule has 0 unspecified atom stereocenters. The molecule has 1 aliphatic heterocycles. The van der Waals surface area contributed by atoms with Crippen LogP contribution in [-0.2, 0) is 9.63 Å². The van der Waals surface area contributed by atoms with Crippen LogP contribution in [0.3, 0.4) is 0 Å². The van der Waals surface area contributed by atoms with E-state index in [0.29, 0.717) is 10.1 Å². The molecule has 1 saturated heterocycles. The molecule has 4 nitrogen and oxygen atoms in total. The third-order valence-corrected chi connectivity index (χ3v) is 2.82. The second-order valence-electron chi connectivity index (χ2n) is 3.05. The highest BCUT2D eigenvalue weighted by Gasteiger charge is 2.24. The van der Waals surface area contributed by atoms with Crippen molar-refractivity contribution < 1.29 is 9.63 Å². The van der Waals surface area contributed by atoms with Gasteiger partial charge in [-0.3, -0.25) is 10.1 Å². The Morgan fingerprint density at radius 2 is 2.12 bits per heavy atom. The summed E-state index contributed by atoms with van der Waals surface area (Å²) in [5, 5.41) is 6.75. The molecule has 0 radical (unpaired) electrons. The largest absolute Gasteiger partial charge is 0.397 e. The maximum atomic E-state index is 11.5. The first-order chi connectivity index (χ1) is 7.79. The lowest BCUT2D eigenvalue weighted by molar-refractivity contribution is -0.115. The summed E-state index contributed by atoms with van der Waals surface area (Å²) in [4.78, 5) is 16.7. The first-order valence-corrected chi connectivity index (χ1v) is 5.48. The van der Waals surface area contributed by atoms with Crippen molar-refractivity contribution in [1.29, 1.82) is 0 Å². The Bertz CT molecular complexity index is 454. The van der Waals surface area contributed by atoms with Crippen molar-refractivity contribution in [3.8, 4) is 0 Å². The third kappa shape index (κ3) is 2.43. The number of thioether (sulfide) groups is 1. The molecule has 0 aromatic heterocycles.